The summed E-state index contributed by atoms with van der Waals surface area (Å²) in [4.78, 5) is 0. The molecule has 0 saturated carbocycles. The van der Waals surface area contributed by atoms with Crippen LogP contribution in [0.1, 0.15) is 142 Å². The standard InChI is InChI=1S/C62H74OP4/c1-37-27-41(5)53(42(6)28-37)57-64(58(66(57)61(13,14)15)54-43(7)29-38(2)30-44(54)8)35-49-23-19-21-25-51(49)63-52-26-22-20-24-50(52)36-65-59(55-45(9)31-39(3)32-46(55)10)67(62(16,17)18)60(65)56-47(11)33-40(4)34-48(56)12/h19-34H,35-36H2,1-18H3. The Balaban J connectivity index is 1.31. The van der Waals surface area contributed by atoms with E-state index in [0.717, 1.165) is 23.8 Å². The Morgan fingerprint density at radius 1 is 0.343 bits per heavy atom. The summed E-state index contributed by atoms with van der Waals surface area (Å²) in [7, 11) is -2.45. The molecule has 0 fully saturated rings. The topological polar surface area (TPSA) is 9.23 Å². The third kappa shape index (κ3) is 9.43. The average molecular weight is 959 g/mol. The minimum absolute atomic E-state index is 0.120. The monoisotopic (exact) mass is 958 g/mol. The Bertz CT molecular complexity index is 2750. The predicted molar refractivity (Wildman–Crippen MR) is 307 cm³/mol. The van der Waals surface area contributed by atoms with E-state index in [1.807, 2.05) is 0 Å². The van der Waals surface area contributed by atoms with E-state index < -0.39 is 30.2 Å². The first-order valence-corrected chi connectivity index (χ1v) is 30.0. The number of rotatable bonds is 10. The summed E-state index contributed by atoms with van der Waals surface area (Å²) in [5.74, 6) is 1.97. The van der Waals surface area contributed by atoms with Crippen molar-refractivity contribution >= 4 is 50.3 Å². The first-order chi connectivity index (χ1) is 31.5. The molecule has 0 radical (unpaired) electrons. The number of ether oxygens (including phenoxy) is 1. The Labute approximate surface area is 408 Å². The Morgan fingerprint density at radius 3 is 0.791 bits per heavy atom. The zero-order chi connectivity index (χ0) is 48.6. The summed E-state index contributed by atoms with van der Waals surface area (Å²) in [5, 5.41) is 7.11. The van der Waals surface area contributed by atoms with Crippen molar-refractivity contribution in [2.45, 2.75) is 147 Å². The van der Waals surface area contributed by atoms with Gasteiger partial charge in [0.1, 0.15) is 11.5 Å². The fourth-order valence-electron chi connectivity index (χ4n) is 11.4. The van der Waals surface area contributed by atoms with E-state index in [9.17, 15) is 0 Å². The molecule has 5 heteroatoms. The van der Waals surface area contributed by atoms with Gasteiger partial charge in [-0.3, -0.25) is 0 Å². The van der Waals surface area contributed by atoms with Gasteiger partial charge in [0.25, 0.3) is 0 Å². The molecule has 0 aromatic heterocycles. The summed E-state index contributed by atoms with van der Waals surface area (Å²) in [6.07, 6.45) is 1.92. The normalized spacial score (nSPS) is 17.5. The molecule has 2 aliphatic heterocycles. The van der Waals surface area contributed by atoms with E-state index in [0.29, 0.717) is 0 Å². The fourth-order valence-corrected chi connectivity index (χ4v) is 30.7. The third-order valence-electron chi connectivity index (χ3n) is 13.6. The molecule has 0 bridgehead atoms. The molecule has 0 amide bonds. The van der Waals surface area contributed by atoms with Crippen molar-refractivity contribution in [2.75, 3.05) is 0 Å². The highest BCUT2D eigenvalue weighted by Crippen LogP contribution is 2.70. The lowest BCUT2D eigenvalue weighted by atomic mass is 10.0. The molecule has 2 aliphatic rings. The summed E-state index contributed by atoms with van der Waals surface area (Å²) in [5.41, 5.74) is 25.4. The van der Waals surface area contributed by atoms with Gasteiger partial charge in [0.15, 0.2) is 0 Å². The van der Waals surface area contributed by atoms with Crippen LogP contribution in [0.2, 0.25) is 0 Å². The summed E-state index contributed by atoms with van der Waals surface area (Å²) in [6, 6.07) is 37.3. The van der Waals surface area contributed by atoms with Gasteiger partial charge in [-0.15, -0.1) is 14.3 Å². The van der Waals surface area contributed by atoms with Crippen molar-refractivity contribution in [2.24, 2.45) is 0 Å². The van der Waals surface area contributed by atoms with E-state index >= 15 is 0 Å². The smallest absolute Gasteiger partial charge is 0.131 e. The number of para-hydroxylation sites is 2. The largest absolute Gasteiger partial charge is 0.457 e. The molecular formula is C62H74OP4. The molecule has 0 atom stereocenters. The van der Waals surface area contributed by atoms with Crippen LogP contribution in [0, 0.1) is 83.1 Å². The second-order valence-electron chi connectivity index (χ2n) is 21.9. The fraction of sp³-hybridized carbons (Fsp3) is 0.355. The van der Waals surface area contributed by atoms with Gasteiger partial charge in [-0.05, 0) is 188 Å². The minimum Gasteiger partial charge on any atom is -0.457 e. The molecule has 6 aromatic rings. The maximum atomic E-state index is 7.38. The molecule has 2 heterocycles. The van der Waals surface area contributed by atoms with Gasteiger partial charge in [-0.1, -0.05) is 149 Å². The lowest BCUT2D eigenvalue weighted by Gasteiger charge is -2.44. The maximum Gasteiger partial charge on any atom is 0.131 e. The van der Waals surface area contributed by atoms with Crippen molar-refractivity contribution in [3.8, 4) is 11.5 Å². The molecule has 0 N–H and O–H groups in total. The number of hydrogen-bond donors (Lipinski definition) is 0. The third-order valence-corrected chi connectivity index (χ3v) is 28.5. The first-order valence-electron chi connectivity index (χ1n) is 24.3. The van der Waals surface area contributed by atoms with Crippen LogP contribution in [0.3, 0.4) is 0 Å². The zero-order valence-electron chi connectivity index (χ0n) is 43.8. The zero-order valence-corrected chi connectivity index (χ0v) is 47.4. The second kappa shape index (κ2) is 18.8. The maximum absolute atomic E-state index is 7.38. The van der Waals surface area contributed by atoms with Gasteiger partial charge >= 0.3 is 0 Å². The van der Waals surface area contributed by atoms with Crippen molar-refractivity contribution in [3.05, 3.63) is 197 Å². The Kier molecular flexibility index (Phi) is 13.9. The first kappa shape index (κ1) is 49.5. The predicted octanol–water partition coefficient (Wildman–Crippen LogP) is 18.4. The van der Waals surface area contributed by atoms with Gasteiger partial charge in [0, 0.05) is 43.6 Å². The van der Waals surface area contributed by atoms with Crippen molar-refractivity contribution < 1.29 is 4.74 Å². The van der Waals surface area contributed by atoms with E-state index in [2.05, 4.69) is 222 Å². The molecule has 6 aromatic carbocycles. The summed E-state index contributed by atoms with van der Waals surface area (Å²) in [6.45, 7) is 42.7. The van der Waals surface area contributed by atoms with Crippen LogP contribution >= 0.6 is 30.2 Å². The molecule has 8 rings (SSSR count). The molecule has 1 nitrogen and oxygen atoms in total. The Hall–Kier alpha value is -3.94. The average Bonchev–Trinajstić information content (AvgIpc) is 3.18. The van der Waals surface area contributed by atoms with Gasteiger partial charge in [-0.25, -0.2) is 0 Å². The van der Waals surface area contributed by atoms with Crippen LogP contribution in [0.4, 0.5) is 0 Å². The van der Waals surface area contributed by atoms with Crippen LogP contribution in [0.5, 0.6) is 11.5 Å². The van der Waals surface area contributed by atoms with Crippen LogP contribution in [-0.2, 0) is 12.3 Å². The van der Waals surface area contributed by atoms with Gasteiger partial charge in [-0.2, -0.15) is 0 Å². The molecular weight excluding hydrogens is 885 g/mol. The van der Waals surface area contributed by atoms with Crippen molar-refractivity contribution in [3.63, 3.8) is 0 Å². The van der Waals surface area contributed by atoms with Crippen LogP contribution in [-0.4, -0.2) is 30.5 Å². The van der Waals surface area contributed by atoms with E-state index in [1.165, 1.54) is 100 Å². The minimum atomic E-state index is -0.664. The van der Waals surface area contributed by atoms with Gasteiger partial charge in [0.05, 0.1) is 0 Å². The molecule has 0 unspecified atom stereocenters. The van der Waals surface area contributed by atoms with E-state index in [1.54, 1.807) is 20.1 Å². The molecule has 67 heavy (non-hydrogen) atoms. The van der Waals surface area contributed by atoms with Gasteiger partial charge < -0.3 is 4.74 Å². The lowest BCUT2D eigenvalue weighted by Crippen LogP contribution is -2.29. The summed E-state index contributed by atoms with van der Waals surface area (Å²) >= 11 is 0. The van der Waals surface area contributed by atoms with Gasteiger partial charge in [0.2, 0.25) is 0 Å². The van der Waals surface area contributed by atoms with E-state index in [-0.39, 0.29) is 10.3 Å². The summed E-state index contributed by atoms with van der Waals surface area (Å²) < 4.78 is 7.38. The highest BCUT2D eigenvalue weighted by molar-refractivity contribution is 8.16. The highest BCUT2D eigenvalue weighted by Gasteiger charge is 2.44. The van der Waals surface area contributed by atoms with Crippen molar-refractivity contribution in [1.29, 1.82) is 0 Å². The lowest BCUT2D eigenvalue weighted by molar-refractivity contribution is 0.474. The quantitative estimate of drug-likeness (QED) is 0.124. The SMILES string of the molecule is Cc1cc(C)c(C2=P(Cc3ccccc3Oc3ccccc3CP3=C(c4c(C)cc(C)cc4C)P(C(C)(C)C)C=3c3c(C)cc(C)cc3C)=C(c3c(C)cc(C)cc3C)P2C(C)(C)C)c(C)c1. The molecule has 0 saturated heterocycles. The van der Waals surface area contributed by atoms with Crippen LogP contribution in [0.15, 0.2) is 97.1 Å². The molecule has 348 valence electrons. The molecule has 0 spiro atoms. The van der Waals surface area contributed by atoms with Crippen LogP contribution < -0.4 is 4.74 Å². The number of hydrogen-bond acceptors (Lipinski definition) is 1. The molecule has 0 aliphatic carbocycles. The van der Waals surface area contributed by atoms with E-state index in [4.69, 9.17) is 4.74 Å². The highest BCUT2D eigenvalue weighted by atomic mass is 31.2. The second-order valence-corrected chi connectivity index (χ2v) is 33.2. The number of aryl methyl sites for hydroxylation is 12. The van der Waals surface area contributed by atoms with Crippen LogP contribution in [0.25, 0.3) is 0 Å². The Morgan fingerprint density at radius 2 is 0.567 bits per heavy atom. The number of benzene rings is 6. The van der Waals surface area contributed by atoms with Crippen molar-refractivity contribution in [1.82, 2.24) is 0 Å².